The second kappa shape index (κ2) is 5.80. The zero-order chi connectivity index (χ0) is 18.9. The van der Waals surface area contributed by atoms with Gasteiger partial charge >= 0.3 is 0 Å². The van der Waals surface area contributed by atoms with Gasteiger partial charge in [0.2, 0.25) is 0 Å². The number of nitrogens with zero attached hydrogens (tertiary/aromatic N) is 2. The molecule has 144 valence electrons. The fraction of sp³-hybridized carbons (Fsp3) is 0.571. The van der Waals surface area contributed by atoms with Crippen molar-refractivity contribution in [2.45, 2.75) is 37.3 Å². The molecule has 4 fully saturated rings. The van der Waals surface area contributed by atoms with Gasteiger partial charge in [-0.3, -0.25) is 14.5 Å². The van der Waals surface area contributed by atoms with Gasteiger partial charge < -0.3 is 9.84 Å². The van der Waals surface area contributed by atoms with Crippen LogP contribution in [-0.4, -0.2) is 55.4 Å². The quantitative estimate of drug-likeness (QED) is 0.768. The second-order valence-corrected chi connectivity index (χ2v) is 8.33. The molecule has 0 radical (unpaired) electrons. The number of hydrogen-bond acceptors (Lipinski definition) is 5. The molecule has 27 heavy (non-hydrogen) atoms. The molecular weight excluding hydrogens is 344 g/mol. The molecule has 4 bridgehead atoms. The van der Waals surface area contributed by atoms with Crippen molar-refractivity contribution in [2.24, 2.45) is 11.8 Å². The van der Waals surface area contributed by atoms with Gasteiger partial charge in [-0.2, -0.15) is 5.06 Å². The van der Waals surface area contributed by atoms with Crippen LogP contribution in [0.15, 0.2) is 29.8 Å². The van der Waals surface area contributed by atoms with Crippen molar-refractivity contribution in [1.29, 1.82) is 0 Å². The van der Waals surface area contributed by atoms with Crippen LogP contribution in [0.2, 0.25) is 0 Å². The summed E-state index contributed by atoms with van der Waals surface area (Å²) in [6.45, 7) is 3.76. The average molecular weight is 370 g/mol. The summed E-state index contributed by atoms with van der Waals surface area (Å²) in [6.07, 6.45) is 3.65. The Labute approximate surface area is 159 Å². The highest BCUT2D eigenvalue weighted by Crippen LogP contribution is 2.57. The zero-order valence-electron chi connectivity index (χ0n) is 16.0. The molecule has 5 atom stereocenters. The standard InChI is InChI=1S/C21H26N2O4/c1-4-12-10-22(2)18-9-21(19-8-14(12)15(18)11-27-19)16-6-5-13(24)7-17(16)23(26-3)20(21)25/h4-7,14-15,18-19,24H,8-11H2,1-3H3/b12-4-/t14-,15+,18+,19-,21+/m1/s1. The molecule has 1 N–H and O–H groups in total. The summed E-state index contributed by atoms with van der Waals surface area (Å²) in [6, 6.07) is 5.45. The van der Waals surface area contributed by atoms with Gasteiger partial charge in [0.25, 0.3) is 5.91 Å². The Kier molecular flexibility index (Phi) is 3.70. The number of hydrogen-bond donors (Lipinski definition) is 1. The van der Waals surface area contributed by atoms with Crippen molar-refractivity contribution in [2.75, 3.05) is 32.4 Å². The van der Waals surface area contributed by atoms with Crippen LogP contribution in [0.4, 0.5) is 5.69 Å². The van der Waals surface area contributed by atoms with E-state index in [9.17, 15) is 9.90 Å². The number of phenols is 1. The maximum atomic E-state index is 13.7. The number of amides is 1. The van der Waals surface area contributed by atoms with E-state index in [2.05, 4.69) is 24.9 Å². The van der Waals surface area contributed by atoms with Gasteiger partial charge in [0, 0.05) is 24.6 Å². The van der Waals surface area contributed by atoms with Crippen molar-refractivity contribution in [3.8, 4) is 5.75 Å². The van der Waals surface area contributed by atoms with E-state index in [0.717, 1.165) is 24.9 Å². The lowest BCUT2D eigenvalue weighted by atomic mass is 9.72. The Hall–Kier alpha value is -1.89. The number of allylic oxidation sites excluding steroid dienone is 1. The molecule has 4 heterocycles. The normalized spacial score (nSPS) is 39.3. The molecule has 3 saturated heterocycles. The van der Waals surface area contributed by atoms with Crippen molar-refractivity contribution in [3.63, 3.8) is 0 Å². The summed E-state index contributed by atoms with van der Waals surface area (Å²) >= 11 is 0. The number of benzene rings is 1. The number of carbonyl (C=O) groups is 1. The molecule has 6 heteroatoms. The number of likely N-dealkylation sites (tertiary alicyclic amines) is 1. The van der Waals surface area contributed by atoms with Gasteiger partial charge in [-0.1, -0.05) is 17.7 Å². The van der Waals surface area contributed by atoms with Gasteiger partial charge in [-0.25, -0.2) is 0 Å². The van der Waals surface area contributed by atoms with E-state index in [0.29, 0.717) is 24.1 Å². The molecule has 1 spiro atoms. The van der Waals surface area contributed by atoms with E-state index in [1.807, 2.05) is 6.07 Å². The van der Waals surface area contributed by atoms with Gasteiger partial charge in [-0.05, 0) is 44.4 Å². The first-order valence-electron chi connectivity index (χ1n) is 9.70. The number of hydroxylamine groups is 1. The second-order valence-electron chi connectivity index (χ2n) is 8.33. The Morgan fingerprint density at radius 1 is 1.41 bits per heavy atom. The topological polar surface area (TPSA) is 62.2 Å². The highest BCUT2D eigenvalue weighted by atomic mass is 16.7. The predicted molar refractivity (Wildman–Crippen MR) is 100 cm³/mol. The first-order valence-corrected chi connectivity index (χ1v) is 9.70. The summed E-state index contributed by atoms with van der Waals surface area (Å²) in [5.41, 5.74) is 2.26. The molecule has 1 amide bonds. The van der Waals surface area contributed by atoms with E-state index in [1.165, 1.54) is 17.7 Å². The highest BCUT2D eigenvalue weighted by Gasteiger charge is 2.64. The molecule has 6 rings (SSSR count). The minimum atomic E-state index is -0.759. The minimum Gasteiger partial charge on any atom is -0.508 e. The number of anilines is 1. The lowest BCUT2D eigenvalue weighted by Crippen LogP contribution is -2.50. The molecule has 4 aliphatic heterocycles. The van der Waals surface area contributed by atoms with Crippen LogP contribution in [0.3, 0.4) is 0 Å². The number of piperidine rings is 1. The number of aromatic hydroxyl groups is 1. The lowest BCUT2D eigenvalue weighted by Gasteiger charge is -2.46. The van der Waals surface area contributed by atoms with Crippen molar-refractivity contribution in [3.05, 3.63) is 35.4 Å². The molecule has 6 nitrogen and oxygen atoms in total. The monoisotopic (exact) mass is 370 g/mol. The van der Waals surface area contributed by atoms with Gasteiger partial charge in [0.1, 0.15) is 11.2 Å². The van der Waals surface area contributed by atoms with E-state index >= 15 is 0 Å². The summed E-state index contributed by atoms with van der Waals surface area (Å²) < 4.78 is 6.35. The lowest BCUT2D eigenvalue weighted by molar-refractivity contribution is -0.137. The fourth-order valence-corrected chi connectivity index (χ4v) is 6.05. The third-order valence-corrected chi connectivity index (χ3v) is 7.32. The number of phenolic OH excluding ortho intramolecular Hbond substituents is 1. The average Bonchev–Trinajstić information content (AvgIpc) is 2.78. The third kappa shape index (κ3) is 2.09. The fourth-order valence-electron chi connectivity index (χ4n) is 6.05. The SMILES string of the molecule is C/C=C1/CN(C)[C@H]2C[C@@]3(C(=O)N(OC)c4cc(O)ccc43)[C@H]3C[C@H]1[C@@H]2CO3. The summed E-state index contributed by atoms with van der Waals surface area (Å²) in [5.74, 6) is 0.945. The largest absolute Gasteiger partial charge is 0.508 e. The van der Waals surface area contributed by atoms with Crippen LogP contribution in [0.5, 0.6) is 5.75 Å². The number of ether oxygens (including phenoxy) is 1. The first-order chi connectivity index (χ1) is 13.0. The van der Waals surface area contributed by atoms with Crippen molar-refractivity contribution in [1.82, 2.24) is 4.90 Å². The Bertz CT molecular complexity index is 837. The van der Waals surface area contributed by atoms with E-state index in [-0.39, 0.29) is 23.8 Å². The number of fused-ring (bicyclic) bond motifs is 2. The van der Waals surface area contributed by atoms with E-state index in [1.54, 1.807) is 12.1 Å². The number of carbonyl (C=O) groups excluding carboxylic acids is 1. The minimum absolute atomic E-state index is 0.0702. The van der Waals surface area contributed by atoms with Crippen LogP contribution in [0.1, 0.15) is 25.3 Å². The van der Waals surface area contributed by atoms with E-state index in [4.69, 9.17) is 9.57 Å². The van der Waals surface area contributed by atoms with Gasteiger partial charge in [-0.15, -0.1) is 0 Å². The molecule has 1 aromatic rings. The summed E-state index contributed by atoms with van der Waals surface area (Å²) in [5, 5.41) is 11.3. The summed E-state index contributed by atoms with van der Waals surface area (Å²) in [4.78, 5) is 21.5. The van der Waals surface area contributed by atoms with Crippen LogP contribution >= 0.6 is 0 Å². The Morgan fingerprint density at radius 2 is 2.22 bits per heavy atom. The first kappa shape index (κ1) is 17.2. The van der Waals surface area contributed by atoms with Crippen LogP contribution in [-0.2, 0) is 19.8 Å². The third-order valence-electron chi connectivity index (χ3n) is 7.32. The van der Waals surface area contributed by atoms with Crippen molar-refractivity contribution >= 4 is 11.6 Å². The van der Waals surface area contributed by atoms with Crippen LogP contribution < -0.4 is 5.06 Å². The Morgan fingerprint density at radius 3 is 2.96 bits per heavy atom. The maximum Gasteiger partial charge on any atom is 0.264 e. The molecule has 5 aliphatic rings. The van der Waals surface area contributed by atoms with Gasteiger partial charge in [0.15, 0.2) is 0 Å². The molecule has 1 saturated carbocycles. The van der Waals surface area contributed by atoms with E-state index < -0.39 is 5.41 Å². The smallest absolute Gasteiger partial charge is 0.264 e. The number of likely N-dealkylation sites (N-methyl/N-ethyl adjacent to an activating group) is 1. The predicted octanol–water partition coefficient (Wildman–Crippen LogP) is 2.22. The molecule has 0 aromatic heterocycles. The Balaban J connectivity index is 1.70. The maximum absolute atomic E-state index is 13.7. The van der Waals surface area contributed by atoms with Crippen LogP contribution in [0.25, 0.3) is 0 Å². The molecule has 0 unspecified atom stereocenters. The highest BCUT2D eigenvalue weighted by molar-refractivity contribution is 6.07. The molecular formula is C21H26N2O4. The number of rotatable bonds is 1. The molecule has 1 aliphatic carbocycles. The van der Waals surface area contributed by atoms with Gasteiger partial charge in [0.05, 0.1) is 25.5 Å². The zero-order valence-corrected chi connectivity index (χ0v) is 16.0. The van der Waals surface area contributed by atoms with Crippen molar-refractivity contribution < 1.29 is 19.5 Å². The summed E-state index contributed by atoms with van der Waals surface area (Å²) in [7, 11) is 3.66. The molecule has 1 aromatic carbocycles. The van der Waals surface area contributed by atoms with Crippen LogP contribution in [0, 0.1) is 11.8 Å².